The molecule has 0 spiro atoms. The summed E-state index contributed by atoms with van der Waals surface area (Å²) in [5.41, 5.74) is 1.24. The number of aromatic amines is 1. The molecule has 0 atom stereocenters. The predicted octanol–water partition coefficient (Wildman–Crippen LogP) is 4.67. The third-order valence-electron chi connectivity index (χ3n) is 2.90. The second kappa shape index (κ2) is 5.23. The molecule has 2 N–H and O–H groups in total. The smallest absolute Gasteiger partial charge is 0.336 e. The lowest BCUT2D eigenvalue weighted by Crippen LogP contribution is -1.98. The van der Waals surface area contributed by atoms with Crippen molar-refractivity contribution in [1.29, 1.82) is 0 Å². The molecule has 0 fully saturated rings. The lowest BCUT2D eigenvalue weighted by atomic mass is 10.2. The quantitative estimate of drug-likeness (QED) is 0.739. The van der Waals surface area contributed by atoms with Crippen molar-refractivity contribution in [2.24, 2.45) is 0 Å². The minimum Gasteiger partial charge on any atom is -0.478 e. The molecule has 0 aliphatic rings. The van der Waals surface area contributed by atoms with E-state index in [0.29, 0.717) is 9.92 Å². The summed E-state index contributed by atoms with van der Waals surface area (Å²) >= 11 is 7.23. The van der Waals surface area contributed by atoms with Gasteiger partial charge in [0, 0.05) is 20.8 Å². The van der Waals surface area contributed by atoms with Gasteiger partial charge in [-0.3, -0.25) is 0 Å². The van der Waals surface area contributed by atoms with E-state index in [0.717, 1.165) is 15.9 Å². The average molecular weight is 304 g/mol. The fourth-order valence-electron chi connectivity index (χ4n) is 1.98. The molecule has 0 aliphatic carbocycles. The zero-order chi connectivity index (χ0) is 14.1. The maximum atomic E-state index is 11.3. The Morgan fingerprint density at radius 1 is 1.15 bits per heavy atom. The van der Waals surface area contributed by atoms with Crippen LogP contribution in [0.25, 0.3) is 10.9 Å². The zero-order valence-corrected chi connectivity index (χ0v) is 11.8. The van der Waals surface area contributed by atoms with Crippen LogP contribution in [0.1, 0.15) is 10.4 Å². The number of carboxylic acid groups (broad SMARTS) is 1. The zero-order valence-electron chi connectivity index (χ0n) is 10.3. The molecule has 3 aromatic rings. The molecule has 0 aliphatic heterocycles. The molecule has 0 amide bonds. The van der Waals surface area contributed by atoms with Crippen molar-refractivity contribution in [3.63, 3.8) is 0 Å². The molecule has 3 nitrogen and oxygen atoms in total. The van der Waals surface area contributed by atoms with Gasteiger partial charge in [0.1, 0.15) is 0 Å². The number of hydrogen-bond donors (Lipinski definition) is 2. The normalized spacial score (nSPS) is 10.8. The first-order chi connectivity index (χ1) is 9.63. The number of carboxylic acids is 1. The fraction of sp³-hybridized carbons (Fsp3) is 0. The van der Waals surface area contributed by atoms with Crippen LogP contribution >= 0.6 is 23.4 Å². The topological polar surface area (TPSA) is 53.1 Å². The van der Waals surface area contributed by atoms with Crippen LogP contribution in [0.3, 0.4) is 0 Å². The molecule has 2 aromatic carbocycles. The molecular formula is C15H10ClNO2S. The van der Waals surface area contributed by atoms with Gasteiger partial charge in [-0.15, -0.1) is 0 Å². The number of nitrogens with one attached hydrogen (secondary N) is 1. The molecule has 0 saturated carbocycles. The minimum absolute atomic E-state index is 0.209. The van der Waals surface area contributed by atoms with Gasteiger partial charge >= 0.3 is 5.97 Å². The van der Waals surface area contributed by atoms with Gasteiger partial charge in [0.2, 0.25) is 0 Å². The number of benzene rings is 2. The number of aromatic carboxylic acids is 1. The van der Waals surface area contributed by atoms with Crippen LogP contribution in [0.4, 0.5) is 0 Å². The second-order valence-electron chi connectivity index (χ2n) is 4.27. The number of H-pyrrole nitrogens is 1. The highest BCUT2D eigenvalue weighted by molar-refractivity contribution is 7.99. The number of para-hydroxylation sites is 1. The summed E-state index contributed by atoms with van der Waals surface area (Å²) in [5.74, 6) is -0.980. The molecule has 0 radical (unpaired) electrons. The molecular weight excluding hydrogens is 294 g/mol. The maximum Gasteiger partial charge on any atom is 0.336 e. The Balaban J connectivity index is 2.00. The highest BCUT2D eigenvalue weighted by Crippen LogP contribution is 2.33. The maximum absolute atomic E-state index is 11.3. The van der Waals surface area contributed by atoms with Crippen LogP contribution < -0.4 is 0 Å². The summed E-state index contributed by atoms with van der Waals surface area (Å²) in [6.45, 7) is 0. The van der Waals surface area contributed by atoms with Gasteiger partial charge in [0.15, 0.2) is 0 Å². The number of halogens is 1. The summed E-state index contributed by atoms with van der Waals surface area (Å²) in [5, 5.41) is 11.6. The Hall–Kier alpha value is -1.91. The molecule has 5 heteroatoms. The van der Waals surface area contributed by atoms with Crippen molar-refractivity contribution >= 4 is 40.2 Å². The van der Waals surface area contributed by atoms with Gasteiger partial charge in [-0.1, -0.05) is 41.6 Å². The van der Waals surface area contributed by atoms with E-state index in [9.17, 15) is 9.90 Å². The van der Waals surface area contributed by atoms with E-state index < -0.39 is 5.97 Å². The molecule has 20 heavy (non-hydrogen) atoms. The summed E-state index contributed by atoms with van der Waals surface area (Å²) in [7, 11) is 0. The monoisotopic (exact) mass is 303 g/mol. The highest BCUT2D eigenvalue weighted by Gasteiger charge is 2.13. The largest absolute Gasteiger partial charge is 0.478 e. The van der Waals surface area contributed by atoms with E-state index in [1.807, 2.05) is 30.3 Å². The van der Waals surface area contributed by atoms with Gasteiger partial charge in [0.25, 0.3) is 0 Å². The number of fused-ring (bicyclic) bond motifs is 1. The van der Waals surface area contributed by atoms with E-state index in [1.165, 1.54) is 17.8 Å². The lowest BCUT2D eigenvalue weighted by molar-refractivity contribution is 0.0693. The van der Waals surface area contributed by atoms with Gasteiger partial charge < -0.3 is 10.1 Å². The summed E-state index contributed by atoms with van der Waals surface area (Å²) < 4.78 is 0. The molecule has 1 aromatic heterocycles. The Morgan fingerprint density at radius 3 is 2.70 bits per heavy atom. The van der Waals surface area contributed by atoms with Gasteiger partial charge in [-0.25, -0.2) is 4.79 Å². The first-order valence-corrected chi connectivity index (χ1v) is 7.11. The van der Waals surface area contributed by atoms with Crippen LogP contribution in [0.5, 0.6) is 0 Å². The Morgan fingerprint density at radius 2 is 1.95 bits per heavy atom. The SMILES string of the molecule is O=C(O)c1cc(Cl)ccc1Sc1cc2ccccc2[nH]1. The summed E-state index contributed by atoms with van der Waals surface area (Å²) in [4.78, 5) is 15.2. The Kier molecular flexibility index (Phi) is 3.42. The lowest BCUT2D eigenvalue weighted by Gasteiger charge is -2.04. The fourth-order valence-corrected chi connectivity index (χ4v) is 3.13. The van der Waals surface area contributed by atoms with Crippen LogP contribution in [0.2, 0.25) is 5.02 Å². The highest BCUT2D eigenvalue weighted by atomic mass is 35.5. The molecule has 0 saturated heterocycles. The van der Waals surface area contributed by atoms with Crippen LogP contribution in [0, 0.1) is 0 Å². The minimum atomic E-state index is -0.980. The van der Waals surface area contributed by atoms with Gasteiger partial charge in [0.05, 0.1) is 10.6 Å². The summed E-state index contributed by atoms with van der Waals surface area (Å²) in [6, 6.07) is 14.8. The van der Waals surface area contributed by atoms with Crippen molar-refractivity contribution in [1.82, 2.24) is 4.98 Å². The summed E-state index contributed by atoms with van der Waals surface area (Å²) in [6.07, 6.45) is 0. The molecule has 0 unspecified atom stereocenters. The van der Waals surface area contributed by atoms with E-state index in [-0.39, 0.29) is 5.56 Å². The Labute approximate surface area is 124 Å². The van der Waals surface area contributed by atoms with E-state index in [4.69, 9.17) is 11.6 Å². The van der Waals surface area contributed by atoms with Crippen molar-refractivity contribution in [2.45, 2.75) is 9.92 Å². The molecule has 100 valence electrons. The third-order valence-corrected chi connectivity index (χ3v) is 4.15. The van der Waals surface area contributed by atoms with Crippen LogP contribution in [-0.2, 0) is 0 Å². The standard InChI is InChI=1S/C15H10ClNO2S/c16-10-5-6-13(11(8-10)15(18)19)20-14-7-9-3-1-2-4-12(9)17-14/h1-8,17H,(H,18,19). The van der Waals surface area contributed by atoms with Gasteiger partial charge in [-0.2, -0.15) is 0 Å². The average Bonchev–Trinajstić information content (AvgIpc) is 2.82. The number of rotatable bonds is 3. The van der Waals surface area contributed by atoms with E-state index in [1.54, 1.807) is 12.1 Å². The first kappa shape index (κ1) is 13.1. The van der Waals surface area contributed by atoms with E-state index in [2.05, 4.69) is 4.98 Å². The molecule has 0 bridgehead atoms. The van der Waals surface area contributed by atoms with Gasteiger partial charge in [-0.05, 0) is 30.3 Å². The van der Waals surface area contributed by atoms with E-state index >= 15 is 0 Å². The number of aromatic nitrogens is 1. The van der Waals surface area contributed by atoms with Crippen molar-refractivity contribution in [3.05, 3.63) is 59.1 Å². The number of hydrogen-bond acceptors (Lipinski definition) is 2. The first-order valence-electron chi connectivity index (χ1n) is 5.92. The molecule has 1 heterocycles. The second-order valence-corrected chi connectivity index (χ2v) is 5.79. The molecule has 3 rings (SSSR count). The number of carbonyl (C=O) groups is 1. The van der Waals surface area contributed by atoms with Crippen molar-refractivity contribution < 1.29 is 9.90 Å². The van der Waals surface area contributed by atoms with Crippen LogP contribution in [0.15, 0.2) is 58.5 Å². The predicted molar refractivity (Wildman–Crippen MR) is 80.8 cm³/mol. The Bertz CT molecular complexity index is 764. The van der Waals surface area contributed by atoms with Crippen LogP contribution in [-0.4, -0.2) is 16.1 Å². The van der Waals surface area contributed by atoms with Crippen molar-refractivity contribution in [3.8, 4) is 0 Å². The van der Waals surface area contributed by atoms with Crippen molar-refractivity contribution in [2.75, 3.05) is 0 Å². The third kappa shape index (κ3) is 2.53.